The number of aryl methyl sites for hydroxylation is 1. The Bertz CT molecular complexity index is 671. The first-order valence-electron chi connectivity index (χ1n) is 6.98. The van der Waals surface area contributed by atoms with Crippen LogP contribution in [0.3, 0.4) is 0 Å². The van der Waals surface area contributed by atoms with Crippen molar-refractivity contribution in [3.63, 3.8) is 0 Å². The average molecular weight is 298 g/mol. The summed E-state index contributed by atoms with van der Waals surface area (Å²) >= 11 is 0. The number of pyridine rings is 1. The second kappa shape index (κ2) is 7.21. The Hall–Kier alpha value is -2.89. The molecule has 1 aromatic carbocycles. The van der Waals surface area contributed by atoms with Crippen molar-refractivity contribution in [1.82, 2.24) is 4.98 Å². The number of nitrogens with zero attached hydrogens (tertiary/aromatic N) is 1. The Labute approximate surface area is 129 Å². The Balaban J connectivity index is 2.12. The van der Waals surface area contributed by atoms with Crippen molar-refractivity contribution >= 4 is 29.1 Å². The van der Waals surface area contributed by atoms with Gasteiger partial charge in [0.05, 0.1) is 0 Å². The van der Waals surface area contributed by atoms with Gasteiger partial charge in [0, 0.05) is 24.5 Å². The van der Waals surface area contributed by atoms with E-state index in [0.29, 0.717) is 17.2 Å². The van der Waals surface area contributed by atoms with Gasteiger partial charge in [0.15, 0.2) is 0 Å². The van der Waals surface area contributed by atoms with E-state index in [1.54, 1.807) is 30.5 Å². The third-order valence-electron chi connectivity index (χ3n) is 2.97. The van der Waals surface area contributed by atoms with Crippen LogP contribution in [0.2, 0.25) is 0 Å². The molecule has 1 heterocycles. The highest BCUT2D eigenvalue weighted by Crippen LogP contribution is 2.22. The number of rotatable bonds is 4. The molecule has 0 fully saturated rings. The minimum atomic E-state index is -0.381. The van der Waals surface area contributed by atoms with E-state index in [0.717, 1.165) is 12.0 Å². The lowest BCUT2D eigenvalue weighted by Crippen LogP contribution is -2.21. The van der Waals surface area contributed by atoms with Crippen LogP contribution in [-0.4, -0.2) is 16.9 Å². The maximum absolute atomic E-state index is 12.0. The Morgan fingerprint density at radius 1 is 1.09 bits per heavy atom. The largest absolute Gasteiger partial charge is 0.326 e. The van der Waals surface area contributed by atoms with Crippen LogP contribution in [0.1, 0.15) is 19.4 Å². The molecule has 0 saturated carbocycles. The molecule has 0 saturated heterocycles. The maximum Gasteiger partial charge on any atom is 0.324 e. The van der Waals surface area contributed by atoms with Crippen molar-refractivity contribution in [3.05, 3.63) is 48.2 Å². The zero-order chi connectivity index (χ0) is 15.9. The Morgan fingerprint density at radius 3 is 2.55 bits per heavy atom. The van der Waals surface area contributed by atoms with Gasteiger partial charge in [-0.3, -0.25) is 10.1 Å². The monoisotopic (exact) mass is 298 g/mol. The molecule has 22 heavy (non-hydrogen) atoms. The molecule has 1 aromatic heterocycles. The number of carbonyl (C=O) groups is 2. The van der Waals surface area contributed by atoms with Crippen molar-refractivity contribution in [1.29, 1.82) is 0 Å². The standard InChI is InChI=1S/C16H18N4O2/c1-3-12-7-8-13(18-11(2)21)10-14(12)19-16(22)20-15-6-4-5-9-17-15/h4-10H,3H2,1-2H3,(H,18,21)(H2,17,19,20,22). The van der Waals surface area contributed by atoms with Gasteiger partial charge >= 0.3 is 6.03 Å². The van der Waals surface area contributed by atoms with E-state index >= 15 is 0 Å². The Kier molecular flexibility index (Phi) is 5.08. The lowest BCUT2D eigenvalue weighted by Gasteiger charge is -2.13. The first-order valence-corrected chi connectivity index (χ1v) is 6.98. The molecule has 0 bridgehead atoms. The summed E-state index contributed by atoms with van der Waals surface area (Å²) < 4.78 is 0. The summed E-state index contributed by atoms with van der Waals surface area (Å²) in [6.45, 7) is 3.43. The summed E-state index contributed by atoms with van der Waals surface area (Å²) in [4.78, 5) is 27.2. The van der Waals surface area contributed by atoms with Crippen LogP contribution in [0.15, 0.2) is 42.6 Å². The lowest BCUT2D eigenvalue weighted by molar-refractivity contribution is -0.114. The van der Waals surface area contributed by atoms with E-state index in [-0.39, 0.29) is 11.9 Å². The maximum atomic E-state index is 12.0. The molecule has 0 aliphatic heterocycles. The van der Waals surface area contributed by atoms with E-state index in [1.807, 2.05) is 19.1 Å². The first kappa shape index (κ1) is 15.5. The molecule has 3 amide bonds. The van der Waals surface area contributed by atoms with E-state index in [9.17, 15) is 9.59 Å². The zero-order valence-corrected chi connectivity index (χ0v) is 12.5. The molecule has 0 spiro atoms. The predicted molar refractivity (Wildman–Crippen MR) is 87.0 cm³/mol. The van der Waals surface area contributed by atoms with Crippen LogP contribution < -0.4 is 16.0 Å². The highest BCUT2D eigenvalue weighted by Gasteiger charge is 2.08. The van der Waals surface area contributed by atoms with Gasteiger partial charge in [-0.05, 0) is 36.2 Å². The lowest BCUT2D eigenvalue weighted by atomic mass is 10.1. The van der Waals surface area contributed by atoms with Gasteiger partial charge in [-0.2, -0.15) is 0 Å². The van der Waals surface area contributed by atoms with Crippen molar-refractivity contribution < 1.29 is 9.59 Å². The molecule has 0 aliphatic carbocycles. The van der Waals surface area contributed by atoms with Crippen LogP contribution in [0.25, 0.3) is 0 Å². The number of anilines is 3. The third-order valence-corrected chi connectivity index (χ3v) is 2.97. The number of urea groups is 1. The van der Waals surface area contributed by atoms with Crippen molar-refractivity contribution in [2.24, 2.45) is 0 Å². The van der Waals surface area contributed by atoms with E-state index in [2.05, 4.69) is 20.9 Å². The van der Waals surface area contributed by atoms with E-state index in [4.69, 9.17) is 0 Å². The summed E-state index contributed by atoms with van der Waals surface area (Å²) in [5.74, 6) is 0.309. The van der Waals surface area contributed by atoms with Gasteiger partial charge in [0.2, 0.25) is 5.91 Å². The molecule has 2 aromatic rings. The van der Waals surface area contributed by atoms with Crippen LogP contribution in [0.4, 0.5) is 22.0 Å². The Morgan fingerprint density at radius 2 is 1.91 bits per heavy atom. The summed E-state index contributed by atoms with van der Waals surface area (Å²) in [6.07, 6.45) is 2.37. The normalized spacial score (nSPS) is 9.91. The highest BCUT2D eigenvalue weighted by atomic mass is 16.2. The number of carbonyl (C=O) groups excluding carboxylic acids is 2. The second-order valence-corrected chi connectivity index (χ2v) is 4.70. The predicted octanol–water partition coefficient (Wildman–Crippen LogP) is 3.25. The third kappa shape index (κ3) is 4.31. The number of hydrogen-bond acceptors (Lipinski definition) is 3. The number of hydrogen-bond donors (Lipinski definition) is 3. The minimum absolute atomic E-state index is 0.159. The van der Waals surface area contributed by atoms with Gasteiger partial charge in [0.1, 0.15) is 5.82 Å². The number of amides is 3. The number of aromatic nitrogens is 1. The minimum Gasteiger partial charge on any atom is -0.326 e. The topological polar surface area (TPSA) is 83.1 Å². The molecule has 2 rings (SSSR count). The second-order valence-electron chi connectivity index (χ2n) is 4.70. The van der Waals surface area contributed by atoms with Crippen LogP contribution in [-0.2, 0) is 11.2 Å². The summed E-state index contributed by atoms with van der Waals surface area (Å²) in [6, 6.07) is 10.3. The van der Waals surface area contributed by atoms with Gasteiger partial charge in [-0.1, -0.05) is 19.1 Å². The van der Waals surface area contributed by atoms with Crippen LogP contribution in [0.5, 0.6) is 0 Å². The molecule has 0 radical (unpaired) electrons. The molecular weight excluding hydrogens is 280 g/mol. The van der Waals surface area contributed by atoms with Gasteiger partial charge < -0.3 is 10.6 Å². The fourth-order valence-electron chi connectivity index (χ4n) is 1.99. The quantitative estimate of drug-likeness (QED) is 0.810. The molecule has 3 N–H and O–H groups in total. The van der Waals surface area contributed by atoms with Crippen molar-refractivity contribution in [2.45, 2.75) is 20.3 Å². The fourth-order valence-corrected chi connectivity index (χ4v) is 1.99. The van der Waals surface area contributed by atoms with Gasteiger partial charge in [0.25, 0.3) is 0 Å². The zero-order valence-electron chi connectivity index (χ0n) is 12.5. The van der Waals surface area contributed by atoms with Gasteiger partial charge in [-0.15, -0.1) is 0 Å². The molecule has 6 nitrogen and oxygen atoms in total. The molecule has 0 unspecified atom stereocenters. The summed E-state index contributed by atoms with van der Waals surface area (Å²) in [5.41, 5.74) is 2.27. The molecule has 0 atom stereocenters. The molecule has 114 valence electrons. The van der Waals surface area contributed by atoms with Gasteiger partial charge in [-0.25, -0.2) is 9.78 Å². The summed E-state index contributed by atoms with van der Waals surface area (Å²) in [7, 11) is 0. The van der Waals surface area contributed by atoms with E-state index < -0.39 is 0 Å². The molecular formula is C16H18N4O2. The van der Waals surface area contributed by atoms with E-state index in [1.165, 1.54) is 6.92 Å². The van der Waals surface area contributed by atoms with Crippen LogP contribution >= 0.6 is 0 Å². The van der Waals surface area contributed by atoms with Crippen molar-refractivity contribution in [3.8, 4) is 0 Å². The number of nitrogens with one attached hydrogen (secondary N) is 3. The number of benzene rings is 1. The highest BCUT2D eigenvalue weighted by molar-refractivity contribution is 6.00. The van der Waals surface area contributed by atoms with Crippen molar-refractivity contribution in [2.75, 3.05) is 16.0 Å². The van der Waals surface area contributed by atoms with Crippen LogP contribution in [0, 0.1) is 0 Å². The smallest absolute Gasteiger partial charge is 0.324 e. The molecule has 6 heteroatoms. The molecule has 0 aliphatic rings. The SMILES string of the molecule is CCc1ccc(NC(C)=O)cc1NC(=O)Nc1ccccn1. The summed E-state index contributed by atoms with van der Waals surface area (Å²) in [5, 5.41) is 8.13. The first-order chi connectivity index (χ1) is 10.6. The average Bonchev–Trinajstić information content (AvgIpc) is 2.48. The fraction of sp³-hybridized carbons (Fsp3) is 0.188.